The highest BCUT2D eigenvalue weighted by Gasteiger charge is 2.17. The van der Waals surface area contributed by atoms with E-state index in [1.54, 1.807) is 22.2 Å². The van der Waals surface area contributed by atoms with Crippen LogP contribution in [0.15, 0.2) is 58.1 Å². The van der Waals surface area contributed by atoms with Crippen molar-refractivity contribution in [2.24, 2.45) is 0 Å². The van der Waals surface area contributed by atoms with Crippen molar-refractivity contribution in [3.8, 4) is 5.69 Å². The molecule has 0 aliphatic carbocycles. The molecule has 0 fully saturated rings. The maximum absolute atomic E-state index is 12.5. The molecule has 4 rings (SSSR count). The fourth-order valence-electron chi connectivity index (χ4n) is 2.93. The molecule has 0 saturated heterocycles. The molecule has 0 aliphatic heterocycles. The first-order chi connectivity index (χ1) is 12.6. The number of thiophene rings is 1. The molecule has 1 aromatic carbocycles. The van der Waals surface area contributed by atoms with Crippen LogP contribution in [0.2, 0.25) is 0 Å². The minimum absolute atomic E-state index is 0.179. The summed E-state index contributed by atoms with van der Waals surface area (Å²) in [6.45, 7) is 2.12. The average molecular weight is 365 g/mol. The van der Waals surface area contributed by atoms with Gasteiger partial charge in [-0.3, -0.25) is 9.78 Å². The van der Waals surface area contributed by atoms with Gasteiger partial charge in [0.1, 0.15) is 5.39 Å². The van der Waals surface area contributed by atoms with Crippen LogP contribution in [-0.4, -0.2) is 32.8 Å². The molecule has 3 aromatic heterocycles. The summed E-state index contributed by atoms with van der Waals surface area (Å²) in [5.41, 5.74) is 2.54. The Morgan fingerprint density at radius 3 is 2.81 bits per heavy atom. The Bertz CT molecular complexity index is 1070. The standard InChI is InChI=1S/C19H19N5OS/c1-13(10-14-8-9-26-12-14)23(2)19-21-17-16(18(25)22-19)11-20-24(17)15-6-4-3-5-7-15/h3-9,11-13H,10H2,1-2H3,(H,21,22,25). The van der Waals surface area contributed by atoms with Gasteiger partial charge in [0.25, 0.3) is 5.56 Å². The van der Waals surface area contributed by atoms with Gasteiger partial charge in [-0.25, -0.2) is 4.68 Å². The van der Waals surface area contributed by atoms with E-state index in [9.17, 15) is 4.79 Å². The summed E-state index contributed by atoms with van der Waals surface area (Å²) < 4.78 is 1.70. The zero-order chi connectivity index (χ0) is 18.1. The molecule has 4 aromatic rings. The number of hydrogen-bond donors (Lipinski definition) is 1. The van der Waals surface area contributed by atoms with Crippen molar-refractivity contribution in [3.63, 3.8) is 0 Å². The summed E-state index contributed by atoms with van der Waals surface area (Å²) >= 11 is 1.69. The maximum atomic E-state index is 12.5. The largest absolute Gasteiger partial charge is 0.342 e. The lowest BCUT2D eigenvalue weighted by atomic mass is 10.1. The average Bonchev–Trinajstić information content (AvgIpc) is 3.31. The lowest BCUT2D eigenvalue weighted by Gasteiger charge is -2.25. The maximum Gasteiger partial charge on any atom is 0.263 e. The molecule has 7 heteroatoms. The quantitative estimate of drug-likeness (QED) is 0.590. The molecule has 0 radical (unpaired) electrons. The number of rotatable bonds is 5. The van der Waals surface area contributed by atoms with Crippen molar-refractivity contribution in [2.75, 3.05) is 11.9 Å². The van der Waals surface area contributed by atoms with Crippen LogP contribution in [0.1, 0.15) is 12.5 Å². The summed E-state index contributed by atoms with van der Waals surface area (Å²) in [5, 5.41) is 9.06. The normalized spacial score (nSPS) is 12.4. The predicted molar refractivity (Wildman–Crippen MR) is 105 cm³/mol. The van der Waals surface area contributed by atoms with Gasteiger partial charge in [0.15, 0.2) is 5.65 Å². The summed E-state index contributed by atoms with van der Waals surface area (Å²) in [6.07, 6.45) is 2.45. The van der Waals surface area contributed by atoms with E-state index in [2.05, 4.69) is 33.8 Å². The van der Waals surface area contributed by atoms with Gasteiger partial charge >= 0.3 is 0 Å². The van der Waals surface area contributed by atoms with Crippen molar-refractivity contribution >= 4 is 28.3 Å². The highest BCUT2D eigenvalue weighted by Crippen LogP contribution is 2.18. The first-order valence-electron chi connectivity index (χ1n) is 8.41. The Kier molecular flexibility index (Phi) is 4.30. The van der Waals surface area contributed by atoms with Crippen molar-refractivity contribution in [2.45, 2.75) is 19.4 Å². The van der Waals surface area contributed by atoms with Gasteiger partial charge in [0, 0.05) is 13.1 Å². The van der Waals surface area contributed by atoms with Gasteiger partial charge in [-0.15, -0.1) is 0 Å². The summed E-state index contributed by atoms with van der Waals surface area (Å²) in [5.74, 6) is 0.544. The van der Waals surface area contributed by atoms with Crippen LogP contribution in [0.5, 0.6) is 0 Å². The molecule has 132 valence electrons. The highest BCUT2D eigenvalue weighted by molar-refractivity contribution is 7.07. The van der Waals surface area contributed by atoms with Crippen molar-refractivity contribution in [1.82, 2.24) is 19.7 Å². The number of benzene rings is 1. The van der Waals surface area contributed by atoms with Crippen molar-refractivity contribution in [3.05, 3.63) is 69.3 Å². The molecule has 0 saturated carbocycles. The summed E-state index contributed by atoms with van der Waals surface area (Å²) in [4.78, 5) is 22.1. The first-order valence-corrected chi connectivity index (χ1v) is 9.35. The van der Waals surface area contributed by atoms with Gasteiger partial charge in [-0.05, 0) is 47.9 Å². The molecule has 0 amide bonds. The van der Waals surface area contributed by atoms with Crippen LogP contribution >= 0.6 is 11.3 Å². The van der Waals surface area contributed by atoms with E-state index in [4.69, 9.17) is 4.98 Å². The molecular formula is C19H19N5OS. The smallest absolute Gasteiger partial charge is 0.263 e. The Morgan fingerprint density at radius 2 is 2.08 bits per heavy atom. The molecule has 0 spiro atoms. The zero-order valence-electron chi connectivity index (χ0n) is 14.6. The number of hydrogen-bond acceptors (Lipinski definition) is 5. The van der Waals surface area contributed by atoms with E-state index >= 15 is 0 Å². The van der Waals surface area contributed by atoms with Gasteiger partial charge in [0.05, 0.1) is 11.9 Å². The lowest BCUT2D eigenvalue weighted by Crippen LogP contribution is -2.33. The summed E-state index contributed by atoms with van der Waals surface area (Å²) in [7, 11) is 1.95. The predicted octanol–water partition coefficient (Wildman–Crippen LogP) is 3.24. The monoisotopic (exact) mass is 365 g/mol. The Morgan fingerprint density at radius 1 is 1.27 bits per heavy atom. The van der Waals surface area contributed by atoms with Gasteiger partial charge in [-0.2, -0.15) is 21.4 Å². The third-order valence-corrected chi connectivity index (χ3v) is 5.26. The third kappa shape index (κ3) is 3.01. The fourth-order valence-corrected chi connectivity index (χ4v) is 3.61. The molecule has 3 heterocycles. The highest BCUT2D eigenvalue weighted by atomic mass is 32.1. The van der Waals surface area contributed by atoms with Gasteiger partial charge in [0.2, 0.25) is 5.95 Å². The molecule has 1 atom stereocenters. The second kappa shape index (κ2) is 6.76. The number of aromatic amines is 1. The molecular weight excluding hydrogens is 346 g/mol. The molecule has 1 unspecified atom stereocenters. The van der Waals surface area contributed by atoms with E-state index in [1.807, 2.05) is 42.3 Å². The Balaban J connectivity index is 1.73. The first kappa shape index (κ1) is 16.5. The number of likely N-dealkylation sites (N-methyl/N-ethyl adjacent to an activating group) is 1. The second-order valence-electron chi connectivity index (χ2n) is 6.31. The number of nitrogens with one attached hydrogen (secondary N) is 1. The van der Waals surface area contributed by atoms with E-state index in [-0.39, 0.29) is 11.6 Å². The van der Waals surface area contributed by atoms with Gasteiger partial charge < -0.3 is 4.90 Å². The van der Waals surface area contributed by atoms with Crippen LogP contribution in [0, 0.1) is 0 Å². The Labute approximate surface area is 154 Å². The minimum atomic E-state index is -0.179. The number of fused-ring (bicyclic) bond motifs is 1. The second-order valence-corrected chi connectivity index (χ2v) is 7.09. The molecule has 1 N–H and O–H groups in total. The van der Waals surface area contributed by atoms with E-state index in [0.717, 1.165) is 12.1 Å². The lowest BCUT2D eigenvalue weighted by molar-refractivity contribution is 0.666. The molecule has 0 bridgehead atoms. The number of nitrogens with zero attached hydrogens (tertiary/aromatic N) is 4. The SMILES string of the molecule is CC(Cc1ccsc1)N(C)c1nc2c(cnn2-c2ccccc2)c(=O)[nH]1. The Hall–Kier alpha value is -2.93. The topological polar surface area (TPSA) is 66.8 Å². The van der Waals surface area contributed by atoms with E-state index in [0.29, 0.717) is 17.0 Å². The van der Waals surface area contributed by atoms with Gasteiger partial charge in [-0.1, -0.05) is 18.2 Å². The van der Waals surface area contributed by atoms with Crippen molar-refractivity contribution < 1.29 is 0 Å². The number of para-hydroxylation sites is 1. The number of H-pyrrole nitrogens is 1. The van der Waals surface area contributed by atoms with Crippen LogP contribution < -0.4 is 10.5 Å². The van der Waals surface area contributed by atoms with Crippen LogP contribution in [0.3, 0.4) is 0 Å². The van der Waals surface area contributed by atoms with Crippen molar-refractivity contribution in [1.29, 1.82) is 0 Å². The van der Waals surface area contributed by atoms with E-state index < -0.39 is 0 Å². The minimum Gasteiger partial charge on any atom is -0.342 e. The number of anilines is 1. The fraction of sp³-hybridized carbons (Fsp3) is 0.211. The molecule has 0 aliphatic rings. The zero-order valence-corrected chi connectivity index (χ0v) is 15.4. The summed E-state index contributed by atoms with van der Waals surface area (Å²) in [6, 6.07) is 12.0. The van der Waals surface area contributed by atoms with E-state index in [1.165, 1.54) is 5.56 Å². The van der Waals surface area contributed by atoms with Crippen LogP contribution in [0.4, 0.5) is 5.95 Å². The van der Waals surface area contributed by atoms with Crippen LogP contribution in [0.25, 0.3) is 16.7 Å². The molecule has 26 heavy (non-hydrogen) atoms. The third-order valence-electron chi connectivity index (χ3n) is 4.53. The molecule has 6 nitrogen and oxygen atoms in total. The van der Waals surface area contributed by atoms with Crippen LogP contribution in [-0.2, 0) is 6.42 Å². The number of aromatic nitrogens is 4.